The Kier molecular flexibility index (Phi) is 37.6. The Morgan fingerprint density at radius 1 is 0.451 bits per heavy atom. The lowest BCUT2D eigenvalue weighted by Crippen LogP contribution is -2.43. The summed E-state index contributed by atoms with van der Waals surface area (Å²) < 4.78 is 114. The van der Waals surface area contributed by atoms with Crippen LogP contribution in [0, 0.1) is 27.7 Å². The average Bonchev–Trinajstić information content (AvgIpc) is 1.22. The van der Waals surface area contributed by atoms with Gasteiger partial charge in [-0.3, -0.25) is 45.6 Å². The number of hydrogen-bond donors (Lipinski definition) is 9. The van der Waals surface area contributed by atoms with Crippen LogP contribution < -0.4 is 39.6 Å². The van der Waals surface area contributed by atoms with Crippen LogP contribution in [0.25, 0.3) is 0 Å². The number of ether oxygens (including phenoxy) is 5. The zero-order valence-corrected chi connectivity index (χ0v) is 53.1. The summed E-state index contributed by atoms with van der Waals surface area (Å²) in [5, 5.41) is 58.9. The number of carboxylic acids is 6. The van der Waals surface area contributed by atoms with Crippen LogP contribution >= 0.6 is 0 Å². The van der Waals surface area contributed by atoms with Crippen LogP contribution in [0.15, 0.2) is 80.2 Å². The predicted octanol–water partition coefficient (Wildman–Crippen LogP) is 3.30. The third kappa shape index (κ3) is 33.8. The van der Waals surface area contributed by atoms with E-state index in [0.717, 1.165) is 12.5 Å². The maximum atomic E-state index is 11.8. The fourth-order valence-electron chi connectivity index (χ4n) is 7.42. The van der Waals surface area contributed by atoms with Gasteiger partial charge in [-0.25, -0.2) is 14.4 Å². The SMILES string of the molecule is CC(C)c1cc(OCC(=O)NCCCC(=O)O)ccc1S(=O)[O-].Cc1cc(OCC(=O)NC(CCC(=O)O)C(=O)O)cc(C)c1S(=O)[O-].Cc1cc(OCC(=O)NCCCCCC(=O)O)cc(C)c1S(=O)[O-].O=C(O)COc1ccc(S(=O)[O-])cc1OCC(=O)O. The van der Waals surface area contributed by atoms with Crippen molar-refractivity contribution in [2.75, 3.05) is 46.1 Å². The lowest BCUT2D eigenvalue weighted by molar-refractivity contribution is -0.143. The summed E-state index contributed by atoms with van der Waals surface area (Å²) in [6, 6.07) is 12.7. The smallest absolute Gasteiger partial charge is 0.341 e. The minimum Gasteiger partial charge on any atom is -0.768 e. The predicted molar refractivity (Wildman–Crippen MR) is 316 cm³/mol. The maximum Gasteiger partial charge on any atom is 0.341 e. The number of rotatable bonds is 35. The monoisotopic (exact) mass is 1360 g/mol. The molecule has 4 aromatic carbocycles. The molecule has 4 aromatic rings. The number of aryl methyl sites for hydroxylation is 4. The van der Waals surface area contributed by atoms with E-state index >= 15 is 0 Å². The number of hydrogen-bond acceptors (Lipinski definition) is 22. The summed E-state index contributed by atoms with van der Waals surface area (Å²) in [7, 11) is 0. The molecular formula is C56H69N3O28S4-4. The Labute approximate surface area is 531 Å². The van der Waals surface area contributed by atoms with Crippen molar-refractivity contribution >= 4 is 97.9 Å². The lowest BCUT2D eigenvalue weighted by atomic mass is 10.0. The highest BCUT2D eigenvalue weighted by atomic mass is 32.2. The van der Waals surface area contributed by atoms with Crippen LogP contribution in [0.3, 0.4) is 0 Å². The van der Waals surface area contributed by atoms with Gasteiger partial charge in [-0.05, 0) is 192 Å². The molecule has 0 fully saturated rings. The Bertz CT molecular complexity index is 3220. The van der Waals surface area contributed by atoms with Gasteiger partial charge in [0.25, 0.3) is 17.7 Å². The molecular weight excluding hydrogens is 1290 g/mol. The van der Waals surface area contributed by atoms with Crippen LogP contribution in [-0.2, 0) is 87.5 Å². The molecule has 0 heterocycles. The molecule has 35 heteroatoms. The summed E-state index contributed by atoms with van der Waals surface area (Å²) in [5.74, 6) is -7.23. The van der Waals surface area contributed by atoms with Crippen molar-refractivity contribution in [1.29, 1.82) is 0 Å². The average molecular weight is 1360 g/mol. The molecule has 0 aliphatic rings. The molecule has 4 rings (SSSR count). The minimum atomic E-state index is -2.52. The molecule has 0 aliphatic carbocycles. The molecule has 0 bridgehead atoms. The summed E-state index contributed by atoms with van der Waals surface area (Å²) in [6.07, 6.45) is 1.87. The Balaban J connectivity index is 0.000000609. The number of carboxylic acid groups (broad SMARTS) is 6. The van der Waals surface area contributed by atoms with Crippen LogP contribution in [-0.4, -0.2) is 171 Å². The fourth-order valence-corrected chi connectivity index (χ4v) is 9.75. The first kappa shape index (κ1) is 80.6. The van der Waals surface area contributed by atoms with Gasteiger partial charge in [0.05, 0.1) is 0 Å². The van der Waals surface area contributed by atoms with Crippen molar-refractivity contribution in [3.8, 4) is 28.7 Å². The number of aliphatic carboxylic acids is 6. The van der Waals surface area contributed by atoms with Gasteiger partial charge < -0.3 is 88.5 Å². The number of amides is 3. The van der Waals surface area contributed by atoms with Gasteiger partial charge in [0.1, 0.15) is 23.3 Å². The standard InChI is InChI=1S/C16H23NO6S.C15H19NO8S.C15H21NO6S.C10H10O8S/c1-11-8-13(9-12(2)16(11)24(21)22)23-10-14(18)17-7-5-3-4-6-15(19)20;1-8-5-10(6-9(2)14(8)25(22)23)24-7-12(17)16-11(15(20)21)3-4-13(18)19;1-10(2)12-8-11(5-6-13(12)23(20)21)22-9-14(17)16-7-3-4-15(18)19;11-9(12)4-17-7-2-1-6(19(15)16)3-8(7)18-5-10(13)14/h8-9H,3-7,10H2,1-2H3,(H,17,18)(H,19,20)(H,21,22);5-6,11H,3-4,7H2,1-2H3,(H,16,17)(H,18,19)(H,20,21)(H,22,23);5-6,8,10H,3-4,7,9H2,1-2H3,(H,16,17)(H,18,19)(H,20,21);1-3H,4-5H2,(H,11,12)(H,13,14)(H,15,16)/p-4. The molecule has 3 amide bonds. The van der Waals surface area contributed by atoms with Crippen molar-refractivity contribution in [3.63, 3.8) is 0 Å². The largest absolute Gasteiger partial charge is 0.768 e. The van der Waals surface area contributed by atoms with E-state index in [1.807, 2.05) is 13.8 Å². The number of carbonyl (C=O) groups excluding carboxylic acids is 3. The molecule has 0 aliphatic heterocycles. The first-order valence-electron chi connectivity index (χ1n) is 26.8. The first-order valence-corrected chi connectivity index (χ1v) is 31.1. The molecule has 91 heavy (non-hydrogen) atoms. The Hall–Kier alpha value is -8.45. The van der Waals surface area contributed by atoms with Crippen LogP contribution in [0.2, 0.25) is 0 Å². The van der Waals surface area contributed by atoms with E-state index in [4.69, 9.17) is 54.3 Å². The topological polar surface area (TPSA) is 518 Å². The molecule has 504 valence electrons. The van der Waals surface area contributed by atoms with Crippen molar-refractivity contribution in [2.24, 2.45) is 0 Å². The molecule has 9 N–H and O–H groups in total. The van der Waals surface area contributed by atoms with E-state index in [9.17, 15) is 78.2 Å². The van der Waals surface area contributed by atoms with Crippen LogP contribution in [0.5, 0.6) is 28.7 Å². The Morgan fingerprint density at radius 2 is 0.890 bits per heavy atom. The second kappa shape index (κ2) is 42.5. The highest BCUT2D eigenvalue weighted by molar-refractivity contribution is 7.80. The quantitative estimate of drug-likeness (QED) is 0.0236. The molecule has 0 saturated heterocycles. The molecule has 0 spiro atoms. The molecule has 31 nitrogen and oxygen atoms in total. The van der Waals surface area contributed by atoms with E-state index in [2.05, 4.69) is 16.0 Å². The van der Waals surface area contributed by atoms with Gasteiger partial charge in [0.15, 0.2) is 44.5 Å². The van der Waals surface area contributed by atoms with Crippen LogP contribution in [0.4, 0.5) is 0 Å². The third-order valence-electron chi connectivity index (χ3n) is 11.5. The van der Waals surface area contributed by atoms with Crippen molar-refractivity contribution in [1.82, 2.24) is 16.0 Å². The molecule has 0 aromatic heterocycles. The second-order valence-electron chi connectivity index (χ2n) is 19.2. The molecule has 0 radical (unpaired) electrons. The van der Waals surface area contributed by atoms with Gasteiger partial charge in [-0.15, -0.1) is 0 Å². The molecule has 5 atom stereocenters. The van der Waals surface area contributed by atoms with Gasteiger partial charge in [-0.1, -0.05) is 20.3 Å². The number of carbonyl (C=O) groups is 9. The Morgan fingerprint density at radius 3 is 1.31 bits per heavy atom. The summed E-state index contributed by atoms with van der Waals surface area (Å²) >= 11 is -9.54. The van der Waals surface area contributed by atoms with E-state index in [-0.39, 0.29) is 93.6 Å². The first-order chi connectivity index (χ1) is 42.6. The minimum absolute atomic E-state index is 0.00343. The number of benzene rings is 4. The fraction of sp³-hybridized carbons (Fsp3) is 0.411. The van der Waals surface area contributed by atoms with Gasteiger partial charge >= 0.3 is 35.8 Å². The van der Waals surface area contributed by atoms with E-state index in [1.165, 1.54) is 36.4 Å². The zero-order valence-electron chi connectivity index (χ0n) is 49.8. The van der Waals surface area contributed by atoms with Crippen LogP contribution in [0.1, 0.15) is 98.9 Å². The normalized spacial score (nSPS) is 12.1. The number of unbranched alkanes of at least 4 members (excludes halogenated alkanes) is 2. The maximum absolute atomic E-state index is 11.8. The molecule has 0 saturated carbocycles. The third-order valence-corrected chi connectivity index (χ3v) is 14.8. The van der Waals surface area contributed by atoms with Crippen molar-refractivity contribution in [3.05, 3.63) is 88.5 Å². The highest BCUT2D eigenvalue weighted by Gasteiger charge is 2.22. The summed E-state index contributed by atoms with van der Waals surface area (Å²) in [6.45, 7) is 8.72. The number of nitrogens with one attached hydrogen (secondary N) is 3. The van der Waals surface area contributed by atoms with Crippen molar-refractivity contribution in [2.45, 2.75) is 124 Å². The van der Waals surface area contributed by atoms with Crippen molar-refractivity contribution < 1.29 is 133 Å². The summed E-state index contributed by atoms with van der Waals surface area (Å²) in [5.41, 5.74) is 2.66. The molecule has 5 unspecified atom stereocenters. The zero-order chi connectivity index (χ0) is 69.1. The second-order valence-corrected chi connectivity index (χ2v) is 22.8. The van der Waals surface area contributed by atoms with Gasteiger partial charge in [0.2, 0.25) is 0 Å². The van der Waals surface area contributed by atoms with Gasteiger partial charge in [-0.2, -0.15) is 0 Å². The van der Waals surface area contributed by atoms with E-state index in [0.29, 0.717) is 65.1 Å². The van der Waals surface area contributed by atoms with E-state index < -0.39 is 118 Å². The highest BCUT2D eigenvalue weighted by Crippen LogP contribution is 2.30. The lowest BCUT2D eigenvalue weighted by Gasteiger charge is -2.16. The van der Waals surface area contributed by atoms with E-state index in [1.54, 1.807) is 45.9 Å². The summed E-state index contributed by atoms with van der Waals surface area (Å²) in [4.78, 5) is 98.4. The van der Waals surface area contributed by atoms with Gasteiger partial charge in [0, 0.05) is 51.9 Å².